The van der Waals surface area contributed by atoms with Crippen LogP contribution in [0.3, 0.4) is 0 Å². The second kappa shape index (κ2) is 7.81. The average Bonchev–Trinajstić information content (AvgIpc) is 3.11. The van der Waals surface area contributed by atoms with E-state index in [0.29, 0.717) is 17.3 Å². The molecule has 0 fully saturated rings. The van der Waals surface area contributed by atoms with Crippen molar-refractivity contribution in [2.45, 2.75) is 6.92 Å². The van der Waals surface area contributed by atoms with Gasteiger partial charge >= 0.3 is 5.97 Å². The Bertz CT molecular complexity index is 884. The first-order valence-corrected chi connectivity index (χ1v) is 8.31. The summed E-state index contributed by atoms with van der Waals surface area (Å²) in [4.78, 5) is 12.0. The molecule has 0 aliphatic rings. The molecule has 0 bridgehead atoms. The topological polar surface area (TPSA) is 44.1 Å². The third-order valence-corrected chi connectivity index (χ3v) is 3.84. The number of carbonyl (C=O) groups is 1. The van der Waals surface area contributed by atoms with E-state index in [4.69, 9.17) is 16.3 Å². The van der Waals surface area contributed by atoms with Gasteiger partial charge in [-0.05, 0) is 25.1 Å². The molecule has 0 amide bonds. The second-order valence-corrected chi connectivity index (χ2v) is 5.74. The number of esters is 1. The molecule has 3 aromatic rings. The maximum atomic E-state index is 12.0. The van der Waals surface area contributed by atoms with Crippen molar-refractivity contribution in [3.05, 3.63) is 83.5 Å². The molecule has 0 saturated carbocycles. The van der Waals surface area contributed by atoms with Gasteiger partial charge in [0.2, 0.25) is 0 Å². The van der Waals surface area contributed by atoms with E-state index < -0.39 is 5.97 Å². The van der Waals surface area contributed by atoms with Gasteiger partial charge in [0.05, 0.1) is 18.0 Å². The Labute approximate surface area is 151 Å². The van der Waals surface area contributed by atoms with E-state index >= 15 is 0 Å². The summed E-state index contributed by atoms with van der Waals surface area (Å²) in [5.41, 5.74) is 3.27. The van der Waals surface area contributed by atoms with Gasteiger partial charge in [-0.3, -0.25) is 0 Å². The number of benzene rings is 2. The number of aromatic nitrogens is 2. The summed E-state index contributed by atoms with van der Waals surface area (Å²) in [5.74, 6) is -0.398. The minimum absolute atomic E-state index is 0.326. The van der Waals surface area contributed by atoms with Crippen molar-refractivity contribution in [2.24, 2.45) is 0 Å². The molecular weight excluding hydrogens is 336 g/mol. The van der Waals surface area contributed by atoms with Crippen LogP contribution in [0.1, 0.15) is 12.5 Å². The minimum Gasteiger partial charge on any atom is -0.463 e. The highest BCUT2D eigenvalue weighted by Gasteiger charge is 2.11. The van der Waals surface area contributed by atoms with Gasteiger partial charge in [0, 0.05) is 28.4 Å². The molecule has 0 saturated heterocycles. The van der Waals surface area contributed by atoms with Gasteiger partial charge in [0.1, 0.15) is 0 Å². The van der Waals surface area contributed by atoms with Gasteiger partial charge in [0.25, 0.3) is 0 Å². The van der Waals surface area contributed by atoms with E-state index in [1.165, 1.54) is 6.08 Å². The first-order valence-electron chi connectivity index (χ1n) is 7.93. The molecule has 1 heterocycles. The highest BCUT2D eigenvalue weighted by molar-refractivity contribution is 6.30. The minimum atomic E-state index is -0.398. The Morgan fingerprint density at radius 3 is 2.52 bits per heavy atom. The lowest BCUT2D eigenvalue weighted by molar-refractivity contribution is -0.137. The lowest BCUT2D eigenvalue weighted by atomic mass is 10.1. The van der Waals surface area contributed by atoms with Crippen LogP contribution in [0.25, 0.3) is 17.0 Å². The summed E-state index contributed by atoms with van der Waals surface area (Å²) in [6.07, 6.45) is 3.28. The van der Waals surface area contributed by atoms with Gasteiger partial charge in [-0.2, -0.15) is 5.10 Å². The zero-order valence-electron chi connectivity index (χ0n) is 13.7. The molecule has 2 aromatic carbocycles. The third kappa shape index (κ3) is 4.17. The predicted molar refractivity (Wildman–Crippen MR) is 99.1 cm³/mol. The molecule has 5 heteroatoms. The third-order valence-electron chi connectivity index (χ3n) is 3.59. The van der Waals surface area contributed by atoms with Gasteiger partial charge in [-0.1, -0.05) is 54.1 Å². The molecule has 25 heavy (non-hydrogen) atoms. The molecule has 0 atom stereocenters. The van der Waals surface area contributed by atoms with Gasteiger partial charge < -0.3 is 4.74 Å². The molecule has 0 N–H and O–H groups in total. The molecule has 3 rings (SSSR count). The lowest BCUT2D eigenvalue weighted by Gasteiger charge is -2.08. The SMILES string of the molecule is CCOC(=O)/C=C(/c1ccccc1)n1ccc(-c2ccc(Cl)cc2)n1. The van der Waals surface area contributed by atoms with Crippen molar-refractivity contribution in [1.29, 1.82) is 0 Å². The fraction of sp³-hybridized carbons (Fsp3) is 0.100. The van der Waals surface area contributed by atoms with Crippen molar-refractivity contribution in [3.8, 4) is 11.3 Å². The number of carbonyl (C=O) groups excluding carboxylic acids is 1. The Kier molecular flexibility index (Phi) is 5.31. The molecule has 0 aliphatic carbocycles. The van der Waals surface area contributed by atoms with E-state index in [2.05, 4.69) is 5.10 Å². The van der Waals surface area contributed by atoms with Crippen LogP contribution < -0.4 is 0 Å². The van der Waals surface area contributed by atoms with Crippen molar-refractivity contribution in [2.75, 3.05) is 6.61 Å². The monoisotopic (exact) mass is 352 g/mol. The largest absolute Gasteiger partial charge is 0.463 e. The summed E-state index contributed by atoms with van der Waals surface area (Å²) in [5, 5.41) is 5.27. The fourth-order valence-corrected chi connectivity index (χ4v) is 2.54. The van der Waals surface area contributed by atoms with Crippen molar-refractivity contribution >= 4 is 23.3 Å². The van der Waals surface area contributed by atoms with Crippen LogP contribution in [0.2, 0.25) is 5.02 Å². The standard InChI is InChI=1S/C20H17ClN2O2/c1-2-25-20(24)14-19(16-6-4-3-5-7-16)23-13-12-18(22-23)15-8-10-17(21)11-9-15/h3-14H,2H2,1H3/b19-14-. The van der Waals surface area contributed by atoms with Crippen LogP contribution in [0.15, 0.2) is 72.9 Å². The van der Waals surface area contributed by atoms with Crippen LogP contribution in [0.4, 0.5) is 0 Å². The second-order valence-electron chi connectivity index (χ2n) is 5.30. The van der Waals surface area contributed by atoms with Crippen LogP contribution in [-0.2, 0) is 9.53 Å². The average molecular weight is 353 g/mol. The summed E-state index contributed by atoms with van der Waals surface area (Å²) >= 11 is 5.94. The van der Waals surface area contributed by atoms with Crippen LogP contribution >= 0.6 is 11.6 Å². The highest BCUT2D eigenvalue weighted by Crippen LogP contribution is 2.23. The summed E-state index contributed by atoms with van der Waals surface area (Å²) in [6, 6.07) is 19.0. The van der Waals surface area contributed by atoms with Crippen LogP contribution in [0, 0.1) is 0 Å². The normalized spacial score (nSPS) is 11.4. The molecule has 1 aromatic heterocycles. The van der Waals surface area contributed by atoms with Gasteiger partial charge in [-0.15, -0.1) is 0 Å². The maximum Gasteiger partial charge on any atom is 0.332 e. The smallest absolute Gasteiger partial charge is 0.332 e. The molecule has 0 unspecified atom stereocenters. The molecule has 126 valence electrons. The Hall–Kier alpha value is -2.85. The van der Waals surface area contributed by atoms with Gasteiger partial charge in [0.15, 0.2) is 0 Å². The van der Waals surface area contributed by atoms with Gasteiger partial charge in [-0.25, -0.2) is 9.48 Å². The summed E-state index contributed by atoms with van der Waals surface area (Å²) < 4.78 is 6.73. The number of rotatable bonds is 5. The lowest BCUT2D eigenvalue weighted by Crippen LogP contribution is -2.06. The van der Waals surface area contributed by atoms with E-state index in [0.717, 1.165) is 16.8 Å². The van der Waals surface area contributed by atoms with E-state index in [-0.39, 0.29) is 0 Å². The van der Waals surface area contributed by atoms with Crippen LogP contribution in [-0.4, -0.2) is 22.4 Å². The zero-order valence-corrected chi connectivity index (χ0v) is 14.5. The van der Waals surface area contributed by atoms with E-state index in [1.54, 1.807) is 11.6 Å². The Balaban J connectivity index is 1.99. The number of halogens is 1. The first kappa shape index (κ1) is 17.0. The molecule has 0 aliphatic heterocycles. The van der Waals surface area contributed by atoms with Crippen molar-refractivity contribution < 1.29 is 9.53 Å². The molecule has 0 radical (unpaired) electrons. The number of nitrogens with zero attached hydrogens (tertiary/aromatic N) is 2. The van der Waals surface area contributed by atoms with E-state index in [1.807, 2.05) is 66.9 Å². The summed E-state index contributed by atoms with van der Waals surface area (Å²) in [7, 11) is 0. The summed E-state index contributed by atoms with van der Waals surface area (Å²) in [6.45, 7) is 2.10. The first-order chi connectivity index (χ1) is 12.2. The van der Waals surface area contributed by atoms with Crippen LogP contribution in [0.5, 0.6) is 0 Å². The number of hydrogen-bond acceptors (Lipinski definition) is 3. The molecule has 0 spiro atoms. The maximum absolute atomic E-state index is 12.0. The Morgan fingerprint density at radius 1 is 1.12 bits per heavy atom. The quantitative estimate of drug-likeness (QED) is 0.495. The fourth-order valence-electron chi connectivity index (χ4n) is 2.42. The van der Waals surface area contributed by atoms with Crippen molar-refractivity contribution in [1.82, 2.24) is 9.78 Å². The number of ether oxygens (including phenoxy) is 1. The molecule has 4 nitrogen and oxygen atoms in total. The van der Waals surface area contributed by atoms with Crippen molar-refractivity contribution in [3.63, 3.8) is 0 Å². The highest BCUT2D eigenvalue weighted by atomic mass is 35.5. The van der Waals surface area contributed by atoms with E-state index in [9.17, 15) is 4.79 Å². The number of hydrogen-bond donors (Lipinski definition) is 0. The Morgan fingerprint density at radius 2 is 1.84 bits per heavy atom. The zero-order chi connectivity index (χ0) is 17.6. The predicted octanol–water partition coefficient (Wildman–Crippen LogP) is 4.66. The molecular formula is C20H17ClN2O2.